The molecule has 132 valence electrons. The van der Waals surface area contributed by atoms with Gasteiger partial charge >= 0.3 is 0 Å². The SMILES string of the molecule is CCN(CC)c1ccc(/C=C/C2=[N+](C)C3C=CC=CC3C2(C)C)cc1. The second kappa shape index (κ2) is 7.03. The van der Waals surface area contributed by atoms with Crippen LogP contribution in [0.1, 0.15) is 33.3 Å². The van der Waals surface area contributed by atoms with Crippen LogP contribution >= 0.6 is 0 Å². The van der Waals surface area contributed by atoms with Gasteiger partial charge in [-0.3, -0.25) is 0 Å². The number of allylic oxidation sites excluding steroid dienone is 3. The largest absolute Gasteiger partial charge is 0.372 e. The standard InChI is InChI=1S/C23H31N2/c1-6-25(7-2)19-15-12-18(13-16-19)14-17-22-23(3,4)20-10-8-9-11-21(20)24(22)5/h8-17,20-21H,6-7H2,1-5H3/q+1. The van der Waals surface area contributed by atoms with Gasteiger partial charge in [0, 0.05) is 24.9 Å². The van der Waals surface area contributed by atoms with Gasteiger partial charge in [0.15, 0.2) is 11.8 Å². The number of rotatable bonds is 5. The van der Waals surface area contributed by atoms with Crippen molar-refractivity contribution in [3.05, 3.63) is 60.2 Å². The summed E-state index contributed by atoms with van der Waals surface area (Å²) in [6, 6.07) is 9.38. The number of nitrogens with zero attached hydrogens (tertiary/aromatic N) is 2. The van der Waals surface area contributed by atoms with E-state index < -0.39 is 0 Å². The Kier molecular flexibility index (Phi) is 4.99. The van der Waals surface area contributed by atoms with E-state index in [1.54, 1.807) is 0 Å². The second-order valence-corrected chi connectivity index (χ2v) is 7.60. The highest BCUT2D eigenvalue weighted by atomic mass is 15.1. The predicted molar refractivity (Wildman–Crippen MR) is 110 cm³/mol. The average molecular weight is 336 g/mol. The molecule has 2 heteroatoms. The molecular formula is C23H31N2+. The Bertz CT molecular complexity index is 728. The first-order chi connectivity index (χ1) is 12.0. The Morgan fingerprint density at radius 2 is 1.64 bits per heavy atom. The highest BCUT2D eigenvalue weighted by Crippen LogP contribution is 2.41. The van der Waals surface area contributed by atoms with Crippen LogP contribution in [-0.2, 0) is 0 Å². The molecule has 0 bridgehead atoms. The van der Waals surface area contributed by atoms with Gasteiger partial charge in [0.2, 0.25) is 0 Å². The summed E-state index contributed by atoms with van der Waals surface area (Å²) in [6.07, 6.45) is 13.6. The lowest BCUT2D eigenvalue weighted by molar-refractivity contribution is -0.520. The Labute approximate surface area is 152 Å². The monoisotopic (exact) mass is 335 g/mol. The lowest BCUT2D eigenvalue weighted by atomic mass is 9.73. The van der Waals surface area contributed by atoms with Crippen LogP contribution in [0.25, 0.3) is 6.08 Å². The van der Waals surface area contributed by atoms with Gasteiger partial charge in [0.25, 0.3) is 0 Å². The molecule has 1 heterocycles. The maximum absolute atomic E-state index is 2.44. The molecule has 2 atom stereocenters. The van der Waals surface area contributed by atoms with E-state index >= 15 is 0 Å². The number of benzene rings is 1. The van der Waals surface area contributed by atoms with Crippen molar-refractivity contribution < 1.29 is 4.58 Å². The van der Waals surface area contributed by atoms with E-state index in [1.165, 1.54) is 17.0 Å². The highest BCUT2D eigenvalue weighted by molar-refractivity contribution is 6.00. The molecule has 1 aliphatic carbocycles. The number of likely N-dealkylation sites (N-methyl/N-ethyl adjacent to an activating group) is 1. The number of anilines is 1. The van der Waals surface area contributed by atoms with E-state index in [0.717, 1.165) is 13.1 Å². The normalized spacial score (nSPS) is 24.2. The minimum absolute atomic E-state index is 0.151. The van der Waals surface area contributed by atoms with Crippen LogP contribution < -0.4 is 4.90 Å². The van der Waals surface area contributed by atoms with Crippen molar-refractivity contribution in [3.8, 4) is 0 Å². The van der Waals surface area contributed by atoms with E-state index in [1.807, 2.05) is 0 Å². The van der Waals surface area contributed by atoms with E-state index in [2.05, 4.69) is 105 Å². The fourth-order valence-electron chi connectivity index (χ4n) is 4.31. The van der Waals surface area contributed by atoms with Crippen molar-refractivity contribution in [1.82, 2.24) is 0 Å². The molecule has 0 saturated heterocycles. The summed E-state index contributed by atoms with van der Waals surface area (Å²) in [4.78, 5) is 2.37. The van der Waals surface area contributed by atoms with Crippen LogP contribution in [0.5, 0.6) is 0 Å². The van der Waals surface area contributed by atoms with E-state index in [0.29, 0.717) is 12.0 Å². The summed E-state index contributed by atoms with van der Waals surface area (Å²) in [6.45, 7) is 11.2. The molecule has 1 aliphatic heterocycles. The smallest absolute Gasteiger partial charge is 0.182 e. The lowest BCUT2D eigenvalue weighted by Crippen LogP contribution is -2.30. The predicted octanol–water partition coefficient (Wildman–Crippen LogP) is 4.78. The Hall–Kier alpha value is -2.09. The number of hydrogen-bond donors (Lipinski definition) is 0. The molecular weight excluding hydrogens is 304 g/mol. The summed E-state index contributed by atoms with van der Waals surface area (Å²) in [7, 11) is 2.22. The van der Waals surface area contributed by atoms with Crippen LogP contribution in [0.2, 0.25) is 0 Å². The molecule has 1 aromatic rings. The molecule has 2 unspecified atom stereocenters. The van der Waals surface area contributed by atoms with Gasteiger partial charge in [0.1, 0.15) is 7.05 Å². The van der Waals surface area contributed by atoms with Crippen molar-refractivity contribution in [3.63, 3.8) is 0 Å². The summed E-state index contributed by atoms with van der Waals surface area (Å²) < 4.78 is 2.44. The lowest BCUT2D eigenvalue weighted by Gasteiger charge is -2.24. The van der Waals surface area contributed by atoms with Gasteiger partial charge in [-0.25, -0.2) is 4.58 Å². The zero-order valence-electron chi connectivity index (χ0n) is 16.2. The van der Waals surface area contributed by atoms with Crippen LogP contribution in [0.3, 0.4) is 0 Å². The molecule has 0 aromatic heterocycles. The van der Waals surface area contributed by atoms with Crippen molar-refractivity contribution in [2.75, 3.05) is 25.0 Å². The third-order valence-corrected chi connectivity index (χ3v) is 5.88. The topological polar surface area (TPSA) is 6.25 Å². The summed E-state index contributed by atoms with van der Waals surface area (Å²) >= 11 is 0. The molecule has 2 aliphatic rings. The molecule has 0 radical (unpaired) electrons. The minimum atomic E-state index is 0.151. The molecule has 0 amide bonds. The van der Waals surface area contributed by atoms with E-state index in [-0.39, 0.29) is 5.41 Å². The molecule has 1 aromatic carbocycles. The van der Waals surface area contributed by atoms with Crippen LogP contribution in [0.4, 0.5) is 5.69 Å². The first-order valence-electron chi connectivity index (χ1n) is 9.47. The van der Waals surface area contributed by atoms with Gasteiger partial charge in [0.05, 0.1) is 11.3 Å². The van der Waals surface area contributed by atoms with Crippen molar-refractivity contribution in [2.45, 2.75) is 33.7 Å². The van der Waals surface area contributed by atoms with E-state index in [9.17, 15) is 0 Å². The van der Waals surface area contributed by atoms with Gasteiger partial charge in [-0.1, -0.05) is 30.4 Å². The third kappa shape index (κ3) is 3.22. The summed E-state index contributed by atoms with van der Waals surface area (Å²) in [5.74, 6) is 0.548. The minimum Gasteiger partial charge on any atom is -0.372 e. The maximum Gasteiger partial charge on any atom is 0.182 e. The summed E-state index contributed by atoms with van der Waals surface area (Å²) in [5, 5.41) is 0. The molecule has 0 fully saturated rings. The van der Waals surface area contributed by atoms with Gasteiger partial charge in [-0.15, -0.1) is 0 Å². The van der Waals surface area contributed by atoms with Gasteiger partial charge in [-0.05, 0) is 57.5 Å². The van der Waals surface area contributed by atoms with Gasteiger partial charge < -0.3 is 4.90 Å². The first-order valence-corrected chi connectivity index (χ1v) is 9.47. The van der Waals surface area contributed by atoms with Gasteiger partial charge in [-0.2, -0.15) is 0 Å². The number of hydrogen-bond acceptors (Lipinski definition) is 1. The zero-order chi connectivity index (χ0) is 18.0. The fourth-order valence-corrected chi connectivity index (χ4v) is 4.31. The Morgan fingerprint density at radius 3 is 2.24 bits per heavy atom. The Morgan fingerprint density at radius 1 is 1.00 bits per heavy atom. The van der Waals surface area contributed by atoms with E-state index in [4.69, 9.17) is 0 Å². The van der Waals surface area contributed by atoms with Crippen molar-refractivity contribution in [2.24, 2.45) is 11.3 Å². The fraction of sp³-hybridized carbons (Fsp3) is 0.435. The molecule has 0 spiro atoms. The Balaban J connectivity index is 1.83. The molecule has 0 N–H and O–H groups in total. The second-order valence-electron chi connectivity index (χ2n) is 7.60. The zero-order valence-corrected chi connectivity index (χ0v) is 16.2. The average Bonchev–Trinajstić information content (AvgIpc) is 2.82. The quantitative estimate of drug-likeness (QED) is 0.702. The van der Waals surface area contributed by atoms with Crippen molar-refractivity contribution in [1.29, 1.82) is 0 Å². The van der Waals surface area contributed by atoms with Crippen molar-refractivity contribution >= 4 is 17.5 Å². The first kappa shape index (κ1) is 17.7. The van der Waals surface area contributed by atoms with Crippen LogP contribution in [0.15, 0.2) is 54.6 Å². The highest BCUT2D eigenvalue weighted by Gasteiger charge is 2.50. The van der Waals surface area contributed by atoms with Crippen LogP contribution in [-0.4, -0.2) is 36.5 Å². The number of fused-ring (bicyclic) bond motifs is 1. The maximum atomic E-state index is 2.44. The molecule has 3 rings (SSSR count). The third-order valence-electron chi connectivity index (χ3n) is 5.88. The molecule has 0 saturated carbocycles. The molecule has 2 nitrogen and oxygen atoms in total. The summed E-state index contributed by atoms with van der Waals surface area (Å²) in [5.41, 5.74) is 4.12. The van der Waals surface area contributed by atoms with Crippen LogP contribution in [0, 0.1) is 11.3 Å². The molecule has 25 heavy (non-hydrogen) atoms.